The monoisotopic (exact) mass is 340 g/mol. The molecule has 0 aromatic heterocycles. The fourth-order valence-corrected chi connectivity index (χ4v) is 2.61. The summed E-state index contributed by atoms with van der Waals surface area (Å²) in [6.45, 7) is -0.548. The highest BCUT2D eigenvalue weighted by molar-refractivity contribution is 5.96. The molecule has 0 spiro atoms. The summed E-state index contributed by atoms with van der Waals surface area (Å²) in [7, 11) is 1.38. The Morgan fingerprint density at radius 1 is 1.00 bits per heavy atom. The maximum absolute atomic E-state index is 12.6. The third-order valence-corrected chi connectivity index (χ3v) is 3.74. The van der Waals surface area contributed by atoms with Gasteiger partial charge in [-0.25, -0.2) is 4.79 Å². The van der Waals surface area contributed by atoms with Crippen LogP contribution in [-0.4, -0.2) is 31.6 Å². The molecule has 0 radical (unpaired) electrons. The van der Waals surface area contributed by atoms with Gasteiger partial charge >= 0.3 is 12.0 Å². The van der Waals surface area contributed by atoms with Gasteiger partial charge in [0, 0.05) is 18.2 Å². The summed E-state index contributed by atoms with van der Waals surface area (Å²) in [5.74, 6) is -0.860. The van der Waals surface area contributed by atoms with E-state index in [0.717, 1.165) is 0 Å². The molecule has 2 N–H and O–H groups in total. The van der Waals surface area contributed by atoms with Crippen LogP contribution in [0.3, 0.4) is 0 Å². The van der Waals surface area contributed by atoms with Crippen LogP contribution in [0, 0.1) is 0 Å². The SMILES string of the molecule is CNC(=O)NC(=O)COC(=O)C1c2ccccc2Oc2ccccc21. The number of ether oxygens (including phenoxy) is 2. The lowest BCUT2D eigenvalue weighted by Gasteiger charge is -2.26. The van der Waals surface area contributed by atoms with Crippen molar-refractivity contribution in [3.8, 4) is 11.5 Å². The van der Waals surface area contributed by atoms with Crippen LogP contribution < -0.4 is 15.4 Å². The average Bonchev–Trinajstić information content (AvgIpc) is 2.64. The molecular formula is C18H16N2O5. The van der Waals surface area contributed by atoms with Crippen LogP contribution in [0.1, 0.15) is 17.0 Å². The van der Waals surface area contributed by atoms with E-state index in [1.54, 1.807) is 36.4 Å². The van der Waals surface area contributed by atoms with Gasteiger partial charge in [-0.3, -0.25) is 14.9 Å². The molecule has 0 unspecified atom stereocenters. The number of hydrogen-bond donors (Lipinski definition) is 2. The zero-order chi connectivity index (χ0) is 17.8. The highest BCUT2D eigenvalue weighted by Crippen LogP contribution is 2.44. The Morgan fingerprint density at radius 2 is 1.56 bits per heavy atom. The Kier molecular flexibility index (Phi) is 4.65. The maximum Gasteiger partial charge on any atom is 0.321 e. The van der Waals surface area contributed by atoms with Crippen molar-refractivity contribution < 1.29 is 23.9 Å². The standard InChI is InChI=1S/C18H16N2O5/c1-19-18(23)20-15(21)10-24-17(22)16-11-6-2-4-8-13(11)25-14-9-5-3-7-12(14)16/h2-9,16H,10H2,1H3,(H2,19,20,21,23). The van der Waals surface area contributed by atoms with Crippen molar-refractivity contribution in [2.75, 3.05) is 13.7 Å². The summed E-state index contributed by atoms with van der Waals surface area (Å²) < 4.78 is 10.9. The minimum atomic E-state index is -0.707. The molecule has 0 bridgehead atoms. The molecule has 0 saturated heterocycles. The summed E-state index contributed by atoms with van der Waals surface area (Å²) >= 11 is 0. The number of para-hydroxylation sites is 2. The molecule has 0 fully saturated rings. The first-order valence-electron chi connectivity index (χ1n) is 7.64. The van der Waals surface area contributed by atoms with Gasteiger partial charge < -0.3 is 14.8 Å². The number of nitrogens with one attached hydrogen (secondary N) is 2. The second-order valence-electron chi connectivity index (χ2n) is 5.35. The Labute approximate surface area is 143 Å². The Morgan fingerprint density at radius 3 is 2.12 bits per heavy atom. The van der Waals surface area contributed by atoms with E-state index < -0.39 is 30.4 Å². The number of fused-ring (bicyclic) bond motifs is 2. The lowest BCUT2D eigenvalue weighted by molar-refractivity contribution is -0.149. The van der Waals surface area contributed by atoms with Crippen molar-refractivity contribution in [3.63, 3.8) is 0 Å². The number of benzene rings is 2. The number of carbonyl (C=O) groups is 3. The van der Waals surface area contributed by atoms with Gasteiger partial charge in [0.15, 0.2) is 6.61 Å². The van der Waals surface area contributed by atoms with Crippen molar-refractivity contribution >= 4 is 17.9 Å². The highest BCUT2D eigenvalue weighted by atomic mass is 16.5. The minimum absolute atomic E-state index is 0.548. The first-order chi connectivity index (χ1) is 12.1. The van der Waals surface area contributed by atoms with Gasteiger partial charge in [-0.1, -0.05) is 36.4 Å². The third-order valence-electron chi connectivity index (χ3n) is 3.74. The van der Waals surface area contributed by atoms with E-state index in [-0.39, 0.29) is 0 Å². The summed E-state index contributed by atoms with van der Waals surface area (Å²) in [5, 5.41) is 4.28. The summed E-state index contributed by atoms with van der Waals surface area (Å²) in [5.41, 5.74) is 1.33. The van der Waals surface area contributed by atoms with E-state index in [1.165, 1.54) is 7.05 Å². The van der Waals surface area contributed by atoms with Gasteiger partial charge in [0.2, 0.25) is 0 Å². The van der Waals surface area contributed by atoms with E-state index >= 15 is 0 Å². The van der Waals surface area contributed by atoms with Crippen LogP contribution in [0.25, 0.3) is 0 Å². The van der Waals surface area contributed by atoms with Gasteiger partial charge in [-0.2, -0.15) is 0 Å². The van der Waals surface area contributed by atoms with Gasteiger partial charge in [0.05, 0.1) is 0 Å². The normalized spacial score (nSPS) is 12.2. The molecule has 2 aromatic carbocycles. The second kappa shape index (κ2) is 7.04. The van der Waals surface area contributed by atoms with Gasteiger partial charge in [0.1, 0.15) is 17.4 Å². The zero-order valence-corrected chi connectivity index (χ0v) is 13.4. The van der Waals surface area contributed by atoms with E-state index in [4.69, 9.17) is 9.47 Å². The summed E-state index contributed by atoms with van der Waals surface area (Å²) in [4.78, 5) is 35.3. The van der Waals surface area contributed by atoms with Crippen LogP contribution in [-0.2, 0) is 14.3 Å². The molecule has 2 aromatic rings. The third kappa shape index (κ3) is 3.45. The molecule has 128 valence electrons. The smallest absolute Gasteiger partial charge is 0.321 e. The Hall–Kier alpha value is -3.35. The van der Waals surface area contributed by atoms with Crippen molar-refractivity contribution in [3.05, 3.63) is 59.7 Å². The van der Waals surface area contributed by atoms with Crippen LogP contribution in [0.5, 0.6) is 11.5 Å². The molecule has 7 heteroatoms. The average molecular weight is 340 g/mol. The molecule has 3 amide bonds. The molecule has 1 aliphatic rings. The van der Waals surface area contributed by atoms with E-state index in [9.17, 15) is 14.4 Å². The number of urea groups is 1. The topological polar surface area (TPSA) is 93.7 Å². The van der Waals surface area contributed by atoms with Gasteiger partial charge in [0.25, 0.3) is 5.91 Å². The molecule has 0 saturated carbocycles. The van der Waals surface area contributed by atoms with Crippen LogP contribution in [0.15, 0.2) is 48.5 Å². The maximum atomic E-state index is 12.6. The van der Waals surface area contributed by atoms with Gasteiger partial charge in [-0.15, -0.1) is 0 Å². The van der Waals surface area contributed by atoms with Crippen LogP contribution in [0.2, 0.25) is 0 Å². The molecule has 3 rings (SSSR count). The van der Waals surface area contributed by atoms with Crippen molar-refractivity contribution in [2.24, 2.45) is 0 Å². The summed E-state index contributed by atoms with van der Waals surface area (Å²) in [6.07, 6.45) is 0. The largest absolute Gasteiger partial charge is 0.457 e. The first kappa shape index (κ1) is 16.5. The minimum Gasteiger partial charge on any atom is -0.457 e. The summed E-state index contributed by atoms with van der Waals surface area (Å²) in [6, 6.07) is 13.7. The number of esters is 1. The zero-order valence-electron chi connectivity index (χ0n) is 13.4. The second-order valence-corrected chi connectivity index (χ2v) is 5.35. The van der Waals surface area contributed by atoms with E-state index in [0.29, 0.717) is 22.6 Å². The predicted octanol–water partition coefficient (Wildman–Crippen LogP) is 1.92. The molecule has 1 aliphatic heterocycles. The first-order valence-corrected chi connectivity index (χ1v) is 7.64. The van der Waals surface area contributed by atoms with Crippen LogP contribution in [0.4, 0.5) is 4.79 Å². The van der Waals surface area contributed by atoms with Crippen molar-refractivity contribution in [1.82, 2.24) is 10.6 Å². The fourth-order valence-electron chi connectivity index (χ4n) is 2.61. The molecule has 7 nitrogen and oxygen atoms in total. The Bertz CT molecular complexity index is 788. The molecular weight excluding hydrogens is 324 g/mol. The number of hydrogen-bond acceptors (Lipinski definition) is 5. The number of rotatable bonds is 3. The number of imide groups is 1. The molecule has 1 heterocycles. The van der Waals surface area contributed by atoms with Crippen molar-refractivity contribution in [1.29, 1.82) is 0 Å². The molecule has 25 heavy (non-hydrogen) atoms. The number of carbonyl (C=O) groups excluding carboxylic acids is 3. The number of amides is 3. The molecule has 0 aliphatic carbocycles. The van der Waals surface area contributed by atoms with E-state index in [2.05, 4.69) is 5.32 Å². The fraction of sp³-hybridized carbons (Fsp3) is 0.167. The highest BCUT2D eigenvalue weighted by Gasteiger charge is 2.33. The van der Waals surface area contributed by atoms with E-state index in [1.807, 2.05) is 17.4 Å². The predicted molar refractivity (Wildman–Crippen MR) is 88.4 cm³/mol. The van der Waals surface area contributed by atoms with Gasteiger partial charge in [-0.05, 0) is 12.1 Å². The Balaban J connectivity index is 1.80. The molecule has 0 atom stereocenters. The van der Waals surface area contributed by atoms with Crippen molar-refractivity contribution in [2.45, 2.75) is 5.92 Å². The lowest BCUT2D eigenvalue weighted by Crippen LogP contribution is -2.40. The van der Waals surface area contributed by atoms with Crippen LogP contribution >= 0.6 is 0 Å². The quantitative estimate of drug-likeness (QED) is 0.833. The lowest BCUT2D eigenvalue weighted by atomic mass is 9.88.